The van der Waals surface area contributed by atoms with Crippen LogP contribution in [0, 0.1) is 0 Å². The van der Waals surface area contributed by atoms with Crippen molar-refractivity contribution in [1.29, 1.82) is 0 Å². The maximum absolute atomic E-state index is 10.5. The molecule has 4 nitrogen and oxygen atoms in total. The molecule has 0 saturated carbocycles. The largest absolute Gasteiger partial charge is 0.454 e. The van der Waals surface area contributed by atoms with Crippen LogP contribution in [-0.4, -0.2) is 15.2 Å². The van der Waals surface area contributed by atoms with E-state index in [9.17, 15) is 8.42 Å². The average Bonchev–Trinajstić information content (AvgIpc) is 2.49. The summed E-state index contributed by atoms with van der Waals surface area (Å²) in [4.78, 5) is 0.245. The molecule has 2 rings (SSSR count). The molecule has 0 N–H and O–H groups in total. The minimum Gasteiger partial charge on any atom is -0.454 e. The predicted octanol–water partition coefficient (Wildman–Crippen LogP) is 0.386. The summed E-state index contributed by atoms with van der Waals surface area (Å²) in [6.45, 7) is 0.161. The third-order valence-electron chi connectivity index (χ3n) is 1.57. The summed E-state index contributed by atoms with van der Waals surface area (Å²) in [6, 6.07) is 4.52. The van der Waals surface area contributed by atoms with Crippen molar-refractivity contribution in [2.24, 2.45) is 0 Å². The van der Waals surface area contributed by atoms with Gasteiger partial charge in [-0.05, 0) is 12.1 Å². The van der Waals surface area contributed by atoms with Crippen LogP contribution in [0.1, 0.15) is 0 Å². The molecule has 0 amide bonds. The Kier molecular flexibility index (Phi) is 1.65. The van der Waals surface area contributed by atoms with Crippen LogP contribution in [0.5, 0.6) is 11.5 Å². The maximum atomic E-state index is 10.5. The number of ether oxygens (including phenoxy) is 2. The number of fused-ring (bicyclic) bond motifs is 1. The predicted molar refractivity (Wildman–Crippen MR) is 41.1 cm³/mol. The van der Waals surface area contributed by atoms with Crippen LogP contribution < -0.4 is 9.47 Å². The quantitative estimate of drug-likeness (QED) is 0.644. The molecule has 0 fully saturated rings. The second-order valence-corrected chi connectivity index (χ2v) is 3.33. The summed E-state index contributed by atoms with van der Waals surface area (Å²) in [6.07, 6.45) is 0. The normalized spacial score (nSPS) is 13.8. The van der Waals surface area contributed by atoms with E-state index in [4.69, 9.17) is 9.47 Å². The van der Waals surface area contributed by atoms with Crippen LogP contribution in [0.25, 0.3) is 0 Å². The Morgan fingerprint density at radius 2 is 1.92 bits per heavy atom. The zero-order chi connectivity index (χ0) is 8.55. The fourth-order valence-electron chi connectivity index (χ4n) is 0.999. The van der Waals surface area contributed by atoms with E-state index in [2.05, 4.69) is 0 Å². The first-order valence-corrected chi connectivity index (χ1v) is 4.49. The second-order valence-electron chi connectivity index (χ2n) is 2.29. The van der Waals surface area contributed by atoms with E-state index in [0.29, 0.717) is 11.5 Å². The van der Waals surface area contributed by atoms with Crippen molar-refractivity contribution in [2.45, 2.75) is 4.90 Å². The lowest BCUT2D eigenvalue weighted by Crippen LogP contribution is -1.92. The van der Waals surface area contributed by atoms with Gasteiger partial charge in [0.1, 0.15) is 0 Å². The summed E-state index contributed by atoms with van der Waals surface area (Å²) < 4.78 is 31.1. The lowest BCUT2D eigenvalue weighted by atomic mass is 10.3. The number of benzene rings is 1. The highest BCUT2D eigenvalue weighted by molar-refractivity contribution is 7.72. The molecule has 0 bridgehead atoms. The molecule has 0 unspecified atom stereocenters. The van der Waals surface area contributed by atoms with E-state index < -0.39 is 10.7 Å². The van der Waals surface area contributed by atoms with Crippen molar-refractivity contribution >= 4 is 10.7 Å². The summed E-state index contributed by atoms with van der Waals surface area (Å²) in [5.41, 5.74) is 0. The highest BCUT2D eigenvalue weighted by Crippen LogP contribution is 2.32. The van der Waals surface area contributed by atoms with Crippen molar-refractivity contribution in [3.05, 3.63) is 18.2 Å². The third kappa shape index (κ3) is 1.12. The van der Waals surface area contributed by atoms with Crippen molar-refractivity contribution in [3.8, 4) is 11.5 Å². The monoisotopic (exact) mass is 186 g/mol. The van der Waals surface area contributed by atoms with Gasteiger partial charge < -0.3 is 9.47 Å². The zero-order valence-corrected chi connectivity index (χ0v) is 6.91. The first-order valence-electron chi connectivity index (χ1n) is 3.31. The summed E-state index contributed by atoms with van der Waals surface area (Å²) in [5.74, 6) is 1.09. The van der Waals surface area contributed by atoms with Gasteiger partial charge in [0.2, 0.25) is 6.79 Å². The lowest BCUT2D eigenvalue weighted by Gasteiger charge is -1.94. The Labute approximate surface area is 70.7 Å². The molecule has 12 heavy (non-hydrogen) atoms. The number of hydrogen-bond donors (Lipinski definition) is 1. The van der Waals surface area contributed by atoms with Gasteiger partial charge in [-0.3, -0.25) is 0 Å². The lowest BCUT2D eigenvalue weighted by molar-refractivity contribution is 0.174. The third-order valence-corrected chi connectivity index (χ3v) is 2.27. The molecular weight excluding hydrogens is 180 g/mol. The zero-order valence-electron chi connectivity index (χ0n) is 6.02. The van der Waals surface area contributed by atoms with E-state index in [1.807, 2.05) is 0 Å². The molecule has 1 heterocycles. The van der Waals surface area contributed by atoms with Gasteiger partial charge in [0.25, 0.3) is 0 Å². The highest BCUT2D eigenvalue weighted by Gasteiger charge is 2.13. The van der Waals surface area contributed by atoms with Gasteiger partial charge in [-0.25, -0.2) is 8.42 Å². The molecule has 0 spiro atoms. The minimum atomic E-state index is -2.54. The Morgan fingerprint density at radius 3 is 2.67 bits per heavy atom. The van der Waals surface area contributed by atoms with Crippen LogP contribution in [0.4, 0.5) is 0 Å². The van der Waals surface area contributed by atoms with E-state index in [1.165, 1.54) is 12.1 Å². The molecule has 1 aromatic rings. The molecule has 0 aliphatic carbocycles. The van der Waals surface area contributed by atoms with Crippen molar-refractivity contribution in [2.75, 3.05) is 6.79 Å². The van der Waals surface area contributed by atoms with Gasteiger partial charge in [-0.2, -0.15) is 0 Å². The van der Waals surface area contributed by atoms with Gasteiger partial charge in [0, 0.05) is 6.07 Å². The van der Waals surface area contributed by atoms with E-state index in [-0.39, 0.29) is 11.7 Å². The summed E-state index contributed by atoms with van der Waals surface area (Å²) in [5, 5.41) is 0. The maximum Gasteiger partial charge on any atom is 0.231 e. The number of rotatable bonds is 1. The van der Waals surface area contributed by atoms with E-state index in [1.54, 1.807) is 6.07 Å². The molecular formula is C7H6O4S. The van der Waals surface area contributed by atoms with Gasteiger partial charge in [-0.15, -0.1) is 0 Å². The molecule has 5 heteroatoms. The van der Waals surface area contributed by atoms with Crippen LogP contribution in [-0.2, 0) is 10.7 Å². The summed E-state index contributed by atoms with van der Waals surface area (Å²) >= 11 is 0. The molecule has 1 aromatic carbocycles. The Hall–Kier alpha value is -1.23. The minimum absolute atomic E-state index is 0.161. The smallest absolute Gasteiger partial charge is 0.231 e. The molecule has 1 aliphatic heterocycles. The fraction of sp³-hybridized carbons (Fsp3) is 0.143. The Morgan fingerprint density at radius 1 is 1.17 bits per heavy atom. The van der Waals surface area contributed by atoms with Crippen molar-refractivity contribution < 1.29 is 17.9 Å². The first kappa shape index (κ1) is 7.42. The van der Waals surface area contributed by atoms with Crippen LogP contribution in [0.3, 0.4) is 0 Å². The molecule has 0 saturated heterocycles. The van der Waals surface area contributed by atoms with E-state index >= 15 is 0 Å². The van der Waals surface area contributed by atoms with Crippen LogP contribution in [0.15, 0.2) is 23.1 Å². The van der Waals surface area contributed by atoms with E-state index in [0.717, 1.165) is 0 Å². The van der Waals surface area contributed by atoms with Crippen molar-refractivity contribution in [3.63, 3.8) is 0 Å². The molecule has 0 aromatic heterocycles. The summed E-state index contributed by atoms with van der Waals surface area (Å²) in [7, 11) is -2.54. The number of thiol groups is 1. The topological polar surface area (TPSA) is 52.6 Å². The Balaban J connectivity index is 2.52. The van der Waals surface area contributed by atoms with Gasteiger partial charge in [0.15, 0.2) is 22.2 Å². The SMILES string of the molecule is O=[SH](=O)c1ccc2c(c1)OCO2. The fourth-order valence-corrected chi connectivity index (χ4v) is 1.42. The Bertz CT molecular complexity index is 375. The van der Waals surface area contributed by atoms with Gasteiger partial charge >= 0.3 is 0 Å². The van der Waals surface area contributed by atoms with Crippen LogP contribution >= 0.6 is 0 Å². The average molecular weight is 186 g/mol. The molecule has 0 radical (unpaired) electrons. The van der Waals surface area contributed by atoms with Gasteiger partial charge in [-0.1, -0.05) is 0 Å². The van der Waals surface area contributed by atoms with Gasteiger partial charge in [0.05, 0.1) is 4.90 Å². The highest BCUT2D eigenvalue weighted by atomic mass is 32.2. The molecule has 64 valence electrons. The molecule has 1 aliphatic rings. The molecule has 0 atom stereocenters. The first-order chi connectivity index (χ1) is 5.77. The van der Waals surface area contributed by atoms with Crippen LogP contribution in [0.2, 0.25) is 0 Å². The standard InChI is InChI=1S/C7H6O4S/c8-12(9)5-1-2-6-7(3-5)11-4-10-6/h1-3,12H,4H2. The number of hydrogen-bond acceptors (Lipinski definition) is 4. The van der Waals surface area contributed by atoms with Crippen molar-refractivity contribution in [1.82, 2.24) is 0 Å². The second kappa shape index (κ2) is 2.67.